The highest BCUT2D eigenvalue weighted by molar-refractivity contribution is 5.85. The summed E-state index contributed by atoms with van der Waals surface area (Å²) < 4.78 is 0. The fourth-order valence-electron chi connectivity index (χ4n) is 2.23. The minimum Gasteiger partial charge on any atom is -0.341 e. The second-order valence-electron chi connectivity index (χ2n) is 4.29. The third-order valence-electron chi connectivity index (χ3n) is 3.05. The number of aromatic amines is 1. The molecule has 3 rings (SSSR count). The van der Waals surface area contributed by atoms with Crippen molar-refractivity contribution in [2.24, 2.45) is 0 Å². The molecule has 1 aliphatic rings. The van der Waals surface area contributed by atoms with Gasteiger partial charge in [-0.2, -0.15) is 0 Å². The summed E-state index contributed by atoms with van der Waals surface area (Å²) in [5, 5.41) is 3.45. The van der Waals surface area contributed by atoms with Crippen LogP contribution in [0.15, 0.2) is 18.2 Å². The number of imidazole rings is 1. The molecule has 1 aromatic carbocycles. The van der Waals surface area contributed by atoms with E-state index in [1.165, 1.54) is 18.4 Å². The normalized spacial score (nSPS) is 18.8. The molecule has 5 heteroatoms. The summed E-state index contributed by atoms with van der Waals surface area (Å²) in [4.78, 5) is 8.02. The molecule has 1 fully saturated rings. The minimum absolute atomic E-state index is 0. The van der Waals surface area contributed by atoms with Crippen molar-refractivity contribution in [3.8, 4) is 0 Å². The molecule has 0 aliphatic carbocycles. The monoisotopic (exact) mass is 273 g/mol. The second-order valence-corrected chi connectivity index (χ2v) is 4.29. The van der Waals surface area contributed by atoms with E-state index in [0.717, 1.165) is 23.4 Å². The molecule has 1 aliphatic heterocycles. The van der Waals surface area contributed by atoms with E-state index in [1.54, 1.807) is 0 Å². The number of H-pyrrole nitrogens is 1. The Hall–Kier alpha value is -0.770. The molecule has 3 nitrogen and oxygen atoms in total. The number of aromatic nitrogens is 2. The van der Waals surface area contributed by atoms with Crippen LogP contribution in [-0.2, 0) is 0 Å². The van der Waals surface area contributed by atoms with Gasteiger partial charge in [0.1, 0.15) is 5.82 Å². The summed E-state index contributed by atoms with van der Waals surface area (Å²) >= 11 is 0. The second kappa shape index (κ2) is 5.71. The Kier molecular flexibility index (Phi) is 4.80. The van der Waals surface area contributed by atoms with Crippen molar-refractivity contribution >= 4 is 35.8 Å². The fourth-order valence-corrected chi connectivity index (χ4v) is 2.23. The summed E-state index contributed by atoms with van der Waals surface area (Å²) in [6.07, 6.45) is 2.44. The van der Waals surface area contributed by atoms with Crippen LogP contribution in [0, 0.1) is 6.92 Å². The number of nitrogens with one attached hydrogen (secondary N) is 2. The number of benzene rings is 1. The summed E-state index contributed by atoms with van der Waals surface area (Å²) in [7, 11) is 0. The molecule has 2 aromatic rings. The van der Waals surface area contributed by atoms with Crippen molar-refractivity contribution in [1.82, 2.24) is 15.3 Å². The number of hydrogen-bond acceptors (Lipinski definition) is 2. The zero-order valence-corrected chi connectivity index (χ0v) is 11.3. The summed E-state index contributed by atoms with van der Waals surface area (Å²) in [6.45, 7) is 3.22. The zero-order chi connectivity index (χ0) is 10.3. The molecule has 17 heavy (non-hydrogen) atoms. The van der Waals surface area contributed by atoms with E-state index in [0.29, 0.717) is 6.04 Å². The van der Waals surface area contributed by atoms with Crippen molar-refractivity contribution in [1.29, 1.82) is 0 Å². The third-order valence-corrected chi connectivity index (χ3v) is 3.05. The highest BCUT2D eigenvalue weighted by atomic mass is 35.5. The van der Waals surface area contributed by atoms with Crippen LogP contribution in [0.3, 0.4) is 0 Å². The number of rotatable bonds is 1. The van der Waals surface area contributed by atoms with Crippen LogP contribution in [-0.4, -0.2) is 16.5 Å². The van der Waals surface area contributed by atoms with Crippen LogP contribution in [0.1, 0.15) is 30.3 Å². The van der Waals surface area contributed by atoms with Gasteiger partial charge in [-0.05, 0) is 44.0 Å². The van der Waals surface area contributed by atoms with Crippen molar-refractivity contribution in [3.63, 3.8) is 0 Å². The summed E-state index contributed by atoms with van der Waals surface area (Å²) in [5.74, 6) is 1.09. The van der Waals surface area contributed by atoms with Crippen LogP contribution in [0.25, 0.3) is 11.0 Å². The third kappa shape index (κ3) is 2.73. The predicted molar refractivity (Wildman–Crippen MR) is 75.3 cm³/mol. The summed E-state index contributed by atoms with van der Waals surface area (Å²) in [5.41, 5.74) is 3.50. The number of fused-ring (bicyclic) bond motifs is 1. The Balaban J connectivity index is 0.000000722. The molecule has 0 spiro atoms. The Morgan fingerprint density at radius 2 is 2.12 bits per heavy atom. The van der Waals surface area contributed by atoms with Gasteiger partial charge >= 0.3 is 0 Å². The number of aryl methyl sites for hydroxylation is 1. The molecule has 0 saturated carbocycles. The van der Waals surface area contributed by atoms with E-state index < -0.39 is 0 Å². The lowest BCUT2D eigenvalue weighted by Crippen LogP contribution is -2.13. The van der Waals surface area contributed by atoms with E-state index in [1.807, 2.05) is 0 Å². The van der Waals surface area contributed by atoms with Gasteiger partial charge in [0.15, 0.2) is 0 Å². The van der Waals surface area contributed by atoms with Crippen molar-refractivity contribution in [2.45, 2.75) is 25.8 Å². The average molecular weight is 274 g/mol. The number of nitrogens with zero attached hydrogens (tertiary/aromatic N) is 1. The largest absolute Gasteiger partial charge is 0.341 e. The highest BCUT2D eigenvalue weighted by Gasteiger charge is 2.19. The van der Waals surface area contributed by atoms with Crippen molar-refractivity contribution in [2.75, 3.05) is 6.54 Å². The topological polar surface area (TPSA) is 40.7 Å². The maximum absolute atomic E-state index is 4.62. The Bertz CT molecular complexity index is 489. The maximum atomic E-state index is 4.62. The van der Waals surface area contributed by atoms with E-state index in [4.69, 9.17) is 0 Å². The molecule has 2 N–H and O–H groups in total. The smallest absolute Gasteiger partial charge is 0.124 e. The lowest BCUT2D eigenvalue weighted by molar-refractivity contribution is 0.614. The first-order valence-electron chi connectivity index (χ1n) is 5.52. The highest BCUT2D eigenvalue weighted by Crippen LogP contribution is 2.23. The van der Waals surface area contributed by atoms with Gasteiger partial charge in [-0.1, -0.05) is 6.07 Å². The first-order valence-corrected chi connectivity index (χ1v) is 5.52. The zero-order valence-electron chi connectivity index (χ0n) is 9.69. The van der Waals surface area contributed by atoms with E-state index in [2.05, 4.69) is 40.4 Å². The van der Waals surface area contributed by atoms with Crippen LogP contribution in [0.4, 0.5) is 0 Å². The fraction of sp³-hybridized carbons (Fsp3) is 0.417. The minimum atomic E-state index is 0. The Morgan fingerprint density at radius 1 is 1.29 bits per heavy atom. The van der Waals surface area contributed by atoms with Crippen LogP contribution >= 0.6 is 24.8 Å². The van der Waals surface area contributed by atoms with Gasteiger partial charge in [-0.15, -0.1) is 24.8 Å². The van der Waals surface area contributed by atoms with E-state index in [9.17, 15) is 0 Å². The van der Waals surface area contributed by atoms with Gasteiger partial charge in [0.05, 0.1) is 17.1 Å². The van der Waals surface area contributed by atoms with Gasteiger partial charge < -0.3 is 10.3 Å². The van der Waals surface area contributed by atoms with Gasteiger partial charge in [0.25, 0.3) is 0 Å². The van der Waals surface area contributed by atoms with Gasteiger partial charge in [0.2, 0.25) is 0 Å². The molecule has 0 amide bonds. The predicted octanol–water partition coefficient (Wildman–Crippen LogP) is 3.14. The average Bonchev–Trinajstić information content (AvgIpc) is 2.84. The molecule has 0 bridgehead atoms. The SMILES string of the molecule is Cc1ccc2nc(C3CCCN3)[nH]c2c1.Cl.Cl. The molecule has 1 unspecified atom stereocenters. The molecular formula is C12H17Cl2N3. The van der Waals surface area contributed by atoms with Gasteiger partial charge in [-0.25, -0.2) is 4.98 Å². The molecule has 1 saturated heterocycles. The van der Waals surface area contributed by atoms with E-state index in [-0.39, 0.29) is 24.8 Å². The quantitative estimate of drug-likeness (QED) is 0.838. The molecular weight excluding hydrogens is 257 g/mol. The van der Waals surface area contributed by atoms with Crippen LogP contribution in [0.2, 0.25) is 0 Å². The first-order chi connectivity index (χ1) is 7.33. The molecule has 0 radical (unpaired) electrons. The maximum Gasteiger partial charge on any atom is 0.124 e. The van der Waals surface area contributed by atoms with Crippen molar-refractivity contribution < 1.29 is 0 Å². The first kappa shape index (κ1) is 14.3. The van der Waals surface area contributed by atoms with Gasteiger partial charge in [-0.3, -0.25) is 0 Å². The standard InChI is InChI=1S/C12H15N3.2ClH/c1-8-4-5-9-11(7-8)15-12(14-9)10-3-2-6-13-10;;/h4-5,7,10,13H,2-3,6H2,1H3,(H,14,15);2*1H. The van der Waals surface area contributed by atoms with E-state index >= 15 is 0 Å². The lowest BCUT2D eigenvalue weighted by Gasteiger charge is -2.04. The van der Waals surface area contributed by atoms with Gasteiger partial charge in [0, 0.05) is 0 Å². The lowest BCUT2D eigenvalue weighted by atomic mass is 10.2. The molecule has 1 aromatic heterocycles. The molecule has 1 atom stereocenters. The van der Waals surface area contributed by atoms with Crippen LogP contribution < -0.4 is 5.32 Å². The van der Waals surface area contributed by atoms with Crippen molar-refractivity contribution in [3.05, 3.63) is 29.6 Å². The Labute approximate surface area is 113 Å². The molecule has 2 heterocycles. The Morgan fingerprint density at radius 3 is 2.82 bits per heavy atom. The number of halogens is 2. The summed E-state index contributed by atoms with van der Waals surface area (Å²) in [6, 6.07) is 6.77. The number of hydrogen-bond donors (Lipinski definition) is 2. The molecule has 94 valence electrons. The van der Waals surface area contributed by atoms with Crippen LogP contribution in [0.5, 0.6) is 0 Å².